The van der Waals surface area contributed by atoms with Gasteiger partial charge in [-0.2, -0.15) is 9.83 Å². The number of unbranched alkanes of at least 4 members (excludes halogenated alkanes) is 1. The van der Waals surface area contributed by atoms with Gasteiger partial charge in [0.1, 0.15) is 10.8 Å². The molecule has 7 nitrogen and oxygen atoms in total. The number of amides is 1. The highest BCUT2D eigenvalue weighted by atomic mass is 32.1. The number of aromatic nitrogens is 1. The van der Waals surface area contributed by atoms with E-state index in [1.165, 1.54) is 11.3 Å². The average Bonchev–Trinajstić information content (AvgIpc) is 3.32. The lowest BCUT2D eigenvalue weighted by Crippen LogP contribution is -2.35. The number of anilines is 1. The zero-order valence-corrected chi connectivity index (χ0v) is 20.1. The molecule has 4 rings (SSSR count). The number of fused-ring (bicyclic) bond motifs is 1. The van der Waals surface area contributed by atoms with Crippen molar-refractivity contribution in [1.82, 2.24) is 5.32 Å². The molecule has 3 aromatic rings. The molecule has 0 saturated heterocycles. The number of benzene rings is 2. The number of nitrogens with zero attached hydrogens (tertiary/aromatic N) is 3. The minimum Gasteiger partial charge on any atom is -0.478 e. The number of carboxylic acid groups (broad SMARTS) is 1. The summed E-state index contributed by atoms with van der Waals surface area (Å²) in [5.41, 5.74) is 3.95. The monoisotopic (exact) mass is 473 g/mol. The van der Waals surface area contributed by atoms with E-state index in [-0.39, 0.29) is 11.5 Å². The number of nitriles is 1. The number of hydrogen-bond donors (Lipinski definition) is 2. The van der Waals surface area contributed by atoms with E-state index in [4.69, 9.17) is 0 Å². The summed E-state index contributed by atoms with van der Waals surface area (Å²) in [4.78, 5) is 26.3. The summed E-state index contributed by atoms with van der Waals surface area (Å²) in [7, 11) is 3.88. The zero-order chi connectivity index (χ0) is 24.4. The van der Waals surface area contributed by atoms with Crippen molar-refractivity contribution in [1.29, 1.82) is 5.26 Å². The number of aryl methyl sites for hydroxylation is 1. The maximum Gasteiger partial charge on any atom is 0.335 e. The van der Waals surface area contributed by atoms with Crippen LogP contribution in [0.15, 0.2) is 53.7 Å². The van der Waals surface area contributed by atoms with Crippen LogP contribution in [0.2, 0.25) is 0 Å². The third kappa shape index (κ3) is 4.30. The third-order valence-electron chi connectivity index (χ3n) is 5.76. The Bertz CT molecular complexity index is 1390. The molecule has 1 amide bonds. The summed E-state index contributed by atoms with van der Waals surface area (Å²) in [5.74, 6) is -1.28. The van der Waals surface area contributed by atoms with Gasteiger partial charge in [-0.3, -0.25) is 4.79 Å². The molecule has 2 aromatic carbocycles. The Balaban J connectivity index is 1.82. The highest BCUT2D eigenvalue weighted by molar-refractivity contribution is 7.18. The smallest absolute Gasteiger partial charge is 0.335 e. The van der Waals surface area contributed by atoms with Crippen LogP contribution in [-0.4, -0.2) is 31.1 Å². The quantitative estimate of drug-likeness (QED) is 0.501. The summed E-state index contributed by atoms with van der Waals surface area (Å²) in [5, 5.41) is 23.0. The second-order valence-corrected chi connectivity index (χ2v) is 9.31. The zero-order valence-electron chi connectivity index (χ0n) is 19.3. The summed E-state index contributed by atoms with van der Waals surface area (Å²) < 4.78 is 2.96. The first kappa shape index (κ1) is 23.2. The van der Waals surface area contributed by atoms with Gasteiger partial charge in [0.05, 0.1) is 22.4 Å². The van der Waals surface area contributed by atoms with Gasteiger partial charge in [-0.25, -0.2) is 4.79 Å². The Morgan fingerprint density at radius 1 is 1.24 bits per heavy atom. The van der Waals surface area contributed by atoms with E-state index in [1.54, 1.807) is 12.1 Å². The van der Waals surface area contributed by atoms with Crippen LogP contribution < -0.4 is 14.8 Å². The van der Waals surface area contributed by atoms with Crippen LogP contribution in [0, 0.1) is 11.3 Å². The van der Waals surface area contributed by atoms with Crippen LogP contribution in [0.3, 0.4) is 0 Å². The number of carboxylic acids is 1. The first-order valence-corrected chi connectivity index (χ1v) is 11.8. The van der Waals surface area contributed by atoms with Crippen LogP contribution in [0.25, 0.3) is 21.9 Å². The van der Waals surface area contributed by atoms with Crippen molar-refractivity contribution in [3.63, 3.8) is 0 Å². The average molecular weight is 474 g/mol. The molecule has 1 aliphatic heterocycles. The number of aromatic carboxylic acids is 1. The highest BCUT2D eigenvalue weighted by Crippen LogP contribution is 2.32. The van der Waals surface area contributed by atoms with E-state index in [1.807, 2.05) is 55.4 Å². The molecule has 0 saturated carbocycles. The fourth-order valence-corrected chi connectivity index (χ4v) is 5.11. The molecule has 2 N–H and O–H groups in total. The fraction of sp³-hybridized carbons (Fsp3) is 0.231. The number of carbonyl (C=O) groups excluding carboxylic acids is 1. The Kier molecular flexibility index (Phi) is 6.48. The van der Waals surface area contributed by atoms with Crippen molar-refractivity contribution in [2.24, 2.45) is 0 Å². The van der Waals surface area contributed by atoms with E-state index in [2.05, 4.69) is 22.9 Å². The standard InChI is InChI=1S/C26H24N4O3S/c1-4-5-12-30-21-11-8-17(26(32)33)13-22(21)34-23(30)14-20-19(15-27)24(25(31)28-20)16-6-9-18(10-7-16)29(2)3/h6-11,13-14H,4-5,12H2,1-3H3,(H,32,33)/p+1. The van der Waals surface area contributed by atoms with Gasteiger partial charge in [-0.05, 0) is 29.8 Å². The van der Waals surface area contributed by atoms with Gasteiger partial charge < -0.3 is 15.3 Å². The van der Waals surface area contributed by atoms with E-state index in [0.717, 1.165) is 40.3 Å². The number of thiazole rings is 1. The lowest BCUT2D eigenvalue weighted by molar-refractivity contribution is -0.669. The minimum absolute atomic E-state index is 0.228. The topological polar surface area (TPSA) is 97.3 Å². The molecule has 34 heavy (non-hydrogen) atoms. The van der Waals surface area contributed by atoms with Gasteiger partial charge in [-0.1, -0.05) is 36.8 Å². The molecule has 2 heterocycles. The van der Waals surface area contributed by atoms with Crippen LogP contribution in [-0.2, 0) is 11.3 Å². The van der Waals surface area contributed by atoms with Crippen molar-refractivity contribution < 1.29 is 19.3 Å². The number of allylic oxidation sites excluding steroid dienone is 1. The number of hydrogen-bond acceptors (Lipinski definition) is 5. The van der Waals surface area contributed by atoms with Crippen molar-refractivity contribution in [2.75, 3.05) is 19.0 Å². The molecule has 0 radical (unpaired) electrons. The van der Waals surface area contributed by atoms with Gasteiger partial charge >= 0.3 is 5.97 Å². The highest BCUT2D eigenvalue weighted by Gasteiger charge is 2.30. The maximum absolute atomic E-state index is 12.9. The molecule has 0 aliphatic carbocycles. The van der Waals surface area contributed by atoms with Crippen molar-refractivity contribution >= 4 is 50.8 Å². The van der Waals surface area contributed by atoms with Crippen LogP contribution in [0.4, 0.5) is 5.69 Å². The Labute approximate surface area is 201 Å². The minimum atomic E-state index is -0.974. The Morgan fingerprint density at radius 3 is 2.59 bits per heavy atom. The van der Waals surface area contributed by atoms with Crippen LogP contribution >= 0.6 is 11.3 Å². The normalized spacial score (nSPS) is 14.5. The van der Waals surface area contributed by atoms with Gasteiger partial charge in [0.2, 0.25) is 5.52 Å². The molecule has 0 bridgehead atoms. The van der Waals surface area contributed by atoms with E-state index >= 15 is 0 Å². The summed E-state index contributed by atoms with van der Waals surface area (Å²) in [6.07, 6.45) is 3.77. The SMILES string of the molecule is CCCC[n+]1c(/C=C2\NC(=O)C(c3ccc(N(C)C)cc3)=C2C#N)sc2cc(C(=O)O)ccc21. The van der Waals surface area contributed by atoms with Gasteiger partial charge in [0.25, 0.3) is 10.9 Å². The second kappa shape index (κ2) is 9.49. The molecule has 8 heteroatoms. The predicted molar refractivity (Wildman–Crippen MR) is 133 cm³/mol. The van der Waals surface area contributed by atoms with Crippen LogP contribution in [0.5, 0.6) is 0 Å². The summed E-state index contributed by atoms with van der Waals surface area (Å²) >= 11 is 1.44. The molecule has 0 fully saturated rings. The lowest BCUT2D eigenvalue weighted by atomic mass is 10.0. The van der Waals surface area contributed by atoms with E-state index < -0.39 is 5.97 Å². The summed E-state index contributed by atoms with van der Waals surface area (Å²) in [6.45, 7) is 2.86. The molecule has 172 valence electrons. The van der Waals surface area contributed by atoms with Crippen molar-refractivity contribution in [3.05, 3.63) is 69.9 Å². The first-order valence-electron chi connectivity index (χ1n) is 11.0. The van der Waals surface area contributed by atoms with Gasteiger partial charge in [0, 0.05) is 38.3 Å². The Morgan fingerprint density at radius 2 is 1.97 bits per heavy atom. The fourth-order valence-electron chi connectivity index (χ4n) is 3.94. The van der Waals surface area contributed by atoms with E-state index in [0.29, 0.717) is 22.4 Å². The number of carbonyl (C=O) groups is 2. The molecule has 1 aliphatic rings. The van der Waals surface area contributed by atoms with E-state index in [9.17, 15) is 20.0 Å². The van der Waals surface area contributed by atoms with Crippen molar-refractivity contribution in [2.45, 2.75) is 26.3 Å². The van der Waals surface area contributed by atoms with Gasteiger partial charge in [-0.15, -0.1) is 0 Å². The first-order chi connectivity index (χ1) is 16.3. The summed E-state index contributed by atoms with van der Waals surface area (Å²) in [6, 6.07) is 14.8. The third-order valence-corrected chi connectivity index (χ3v) is 6.85. The Hall–Kier alpha value is -3.96. The molecule has 0 unspecified atom stereocenters. The number of nitrogens with one attached hydrogen (secondary N) is 1. The molecular formula is C26H25N4O3S+. The van der Waals surface area contributed by atoms with Gasteiger partial charge in [0.15, 0.2) is 6.54 Å². The maximum atomic E-state index is 12.9. The number of rotatable bonds is 7. The molecular weight excluding hydrogens is 448 g/mol. The predicted octanol–water partition coefficient (Wildman–Crippen LogP) is 4.20. The second-order valence-electron chi connectivity index (χ2n) is 8.25. The molecule has 1 aromatic heterocycles. The molecule has 0 spiro atoms. The lowest BCUT2D eigenvalue weighted by Gasteiger charge is -2.12. The van der Waals surface area contributed by atoms with Crippen molar-refractivity contribution in [3.8, 4) is 6.07 Å². The molecule has 0 atom stereocenters. The largest absolute Gasteiger partial charge is 0.478 e. The van der Waals surface area contributed by atoms with Crippen LogP contribution in [0.1, 0.15) is 40.7 Å².